The second-order valence-electron chi connectivity index (χ2n) is 4.44. The summed E-state index contributed by atoms with van der Waals surface area (Å²) in [6.45, 7) is 6.13. The van der Waals surface area contributed by atoms with Gasteiger partial charge in [0.2, 0.25) is 5.91 Å². The largest absolute Gasteiger partial charge is 0.388 e. The molecular formula is C11H22N2O2. The lowest BCUT2D eigenvalue weighted by molar-refractivity contribution is -0.123. The SMILES string of the molecule is CCC(O)(CC)CNC(=O)CC1CNC1. The molecule has 1 amide bonds. The molecule has 0 bridgehead atoms. The summed E-state index contributed by atoms with van der Waals surface area (Å²) in [4.78, 5) is 11.5. The van der Waals surface area contributed by atoms with Gasteiger partial charge in [0, 0.05) is 13.0 Å². The molecule has 88 valence electrons. The zero-order chi connectivity index (χ0) is 11.3. The van der Waals surface area contributed by atoms with Crippen LogP contribution >= 0.6 is 0 Å². The highest BCUT2D eigenvalue weighted by molar-refractivity contribution is 5.76. The maximum Gasteiger partial charge on any atom is 0.220 e. The van der Waals surface area contributed by atoms with E-state index in [4.69, 9.17) is 0 Å². The van der Waals surface area contributed by atoms with Crippen molar-refractivity contribution in [3.63, 3.8) is 0 Å². The molecule has 1 rings (SSSR count). The van der Waals surface area contributed by atoms with Gasteiger partial charge in [-0.25, -0.2) is 0 Å². The number of nitrogens with one attached hydrogen (secondary N) is 2. The first kappa shape index (κ1) is 12.5. The van der Waals surface area contributed by atoms with E-state index in [1.165, 1.54) is 0 Å². The second kappa shape index (κ2) is 5.47. The Morgan fingerprint density at radius 1 is 1.47 bits per heavy atom. The van der Waals surface area contributed by atoms with Gasteiger partial charge in [0.1, 0.15) is 0 Å². The monoisotopic (exact) mass is 214 g/mol. The molecule has 1 aliphatic rings. The Hall–Kier alpha value is -0.610. The van der Waals surface area contributed by atoms with Gasteiger partial charge in [-0.2, -0.15) is 0 Å². The summed E-state index contributed by atoms with van der Waals surface area (Å²) in [5.41, 5.74) is -0.729. The summed E-state index contributed by atoms with van der Waals surface area (Å²) < 4.78 is 0. The van der Waals surface area contributed by atoms with Gasteiger partial charge in [-0.3, -0.25) is 4.79 Å². The van der Waals surface area contributed by atoms with Crippen molar-refractivity contribution in [1.82, 2.24) is 10.6 Å². The van der Waals surface area contributed by atoms with Gasteiger partial charge in [0.25, 0.3) is 0 Å². The van der Waals surface area contributed by atoms with E-state index in [0.29, 0.717) is 31.7 Å². The molecule has 1 saturated heterocycles. The molecule has 0 aliphatic carbocycles. The van der Waals surface area contributed by atoms with E-state index in [1.807, 2.05) is 13.8 Å². The van der Waals surface area contributed by atoms with E-state index < -0.39 is 5.60 Å². The molecule has 1 heterocycles. The predicted molar refractivity (Wildman–Crippen MR) is 59.5 cm³/mol. The molecule has 0 aromatic carbocycles. The molecule has 4 heteroatoms. The number of hydrogen-bond donors (Lipinski definition) is 3. The lowest BCUT2D eigenvalue weighted by Gasteiger charge is -2.28. The molecule has 0 saturated carbocycles. The number of hydrogen-bond acceptors (Lipinski definition) is 3. The highest BCUT2D eigenvalue weighted by Gasteiger charge is 2.24. The van der Waals surface area contributed by atoms with Gasteiger partial charge in [-0.05, 0) is 31.8 Å². The van der Waals surface area contributed by atoms with Crippen molar-refractivity contribution >= 4 is 5.91 Å². The fourth-order valence-electron chi connectivity index (χ4n) is 1.59. The average molecular weight is 214 g/mol. The minimum absolute atomic E-state index is 0.0572. The summed E-state index contributed by atoms with van der Waals surface area (Å²) in [5.74, 6) is 0.545. The average Bonchev–Trinajstić information content (AvgIpc) is 2.20. The summed E-state index contributed by atoms with van der Waals surface area (Å²) in [5, 5.41) is 15.9. The van der Waals surface area contributed by atoms with Crippen LogP contribution in [0.15, 0.2) is 0 Å². The third-order valence-corrected chi connectivity index (χ3v) is 3.27. The first-order chi connectivity index (χ1) is 7.09. The van der Waals surface area contributed by atoms with Crippen molar-refractivity contribution in [2.24, 2.45) is 5.92 Å². The van der Waals surface area contributed by atoms with E-state index >= 15 is 0 Å². The smallest absolute Gasteiger partial charge is 0.220 e. The Bertz CT molecular complexity index is 211. The van der Waals surface area contributed by atoms with Crippen molar-refractivity contribution in [3.8, 4) is 0 Å². The number of carbonyl (C=O) groups excluding carboxylic acids is 1. The van der Waals surface area contributed by atoms with Crippen molar-refractivity contribution in [2.45, 2.75) is 38.7 Å². The molecule has 0 aromatic heterocycles. The molecule has 3 N–H and O–H groups in total. The van der Waals surface area contributed by atoms with Crippen molar-refractivity contribution < 1.29 is 9.90 Å². The third-order valence-electron chi connectivity index (χ3n) is 3.27. The highest BCUT2D eigenvalue weighted by Crippen LogP contribution is 2.13. The van der Waals surface area contributed by atoms with Crippen LogP contribution in [-0.2, 0) is 4.79 Å². The molecule has 1 fully saturated rings. The van der Waals surface area contributed by atoms with Crippen molar-refractivity contribution in [1.29, 1.82) is 0 Å². The van der Waals surface area contributed by atoms with E-state index in [1.54, 1.807) is 0 Å². The Labute approximate surface area is 91.4 Å². The molecule has 0 aromatic rings. The van der Waals surface area contributed by atoms with Crippen LogP contribution in [0.3, 0.4) is 0 Å². The van der Waals surface area contributed by atoms with Crippen LogP contribution in [0.5, 0.6) is 0 Å². The Kier molecular flexibility index (Phi) is 4.54. The van der Waals surface area contributed by atoms with Crippen LogP contribution in [0, 0.1) is 5.92 Å². The molecular weight excluding hydrogens is 192 g/mol. The molecule has 0 unspecified atom stereocenters. The number of aliphatic hydroxyl groups is 1. The number of amides is 1. The summed E-state index contributed by atoms with van der Waals surface area (Å²) in [6, 6.07) is 0. The third kappa shape index (κ3) is 3.80. The Balaban J connectivity index is 2.19. The van der Waals surface area contributed by atoms with E-state index in [2.05, 4.69) is 10.6 Å². The molecule has 0 spiro atoms. The van der Waals surface area contributed by atoms with Crippen LogP contribution in [0.2, 0.25) is 0 Å². The predicted octanol–water partition coefficient (Wildman–Crippen LogP) is 0.263. The van der Waals surface area contributed by atoms with Crippen LogP contribution in [-0.4, -0.2) is 36.2 Å². The molecule has 0 radical (unpaired) electrons. The minimum Gasteiger partial charge on any atom is -0.388 e. The zero-order valence-corrected chi connectivity index (χ0v) is 9.68. The van der Waals surface area contributed by atoms with Crippen LogP contribution in [0.1, 0.15) is 33.1 Å². The van der Waals surface area contributed by atoms with Crippen LogP contribution in [0.25, 0.3) is 0 Å². The fraction of sp³-hybridized carbons (Fsp3) is 0.909. The quantitative estimate of drug-likeness (QED) is 0.594. The first-order valence-corrected chi connectivity index (χ1v) is 5.79. The Morgan fingerprint density at radius 3 is 2.47 bits per heavy atom. The standard InChI is InChI=1S/C11H22N2O2/c1-3-11(15,4-2)8-13-10(14)5-9-6-12-7-9/h9,12,15H,3-8H2,1-2H3,(H,13,14). The van der Waals surface area contributed by atoms with E-state index in [9.17, 15) is 9.90 Å². The van der Waals surface area contributed by atoms with Gasteiger partial charge in [-0.1, -0.05) is 13.8 Å². The molecule has 0 atom stereocenters. The maximum absolute atomic E-state index is 11.5. The normalized spacial score (nSPS) is 17.3. The van der Waals surface area contributed by atoms with Gasteiger partial charge >= 0.3 is 0 Å². The number of carbonyl (C=O) groups is 1. The second-order valence-corrected chi connectivity index (χ2v) is 4.44. The minimum atomic E-state index is -0.729. The van der Waals surface area contributed by atoms with Gasteiger partial charge < -0.3 is 15.7 Å². The van der Waals surface area contributed by atoms with Crippen molar-refractivity contribution in [2.75, 3.05) is 19.6 Å². The van der Waals surface area contributed by atoms with E-state index in [-0.39, 0.29) is 5.91 Å². The van der Waals surface area contributed by atoms with Crippen LogP contribution < -0.4 is 10.6 Å². The Morgan fingerprint density at radius 2 is 2.07 bits per heavy atom. The van der Waals surface area contributed by atoms with Crippen molar-refractivity contribution in [3.05, 3.63) is 0 Å². The zero-order valence-electron chi connectivity index (χ0n) is 9.68. The number of rotatable bonds is 6. The van der Waals surface area contributed by atoms with Gasteiger partial charge in [-0.15, -0.1) is 0 Å². The molecule has 15 heavy (non-hydrogen) atoms. The highest BCUT2D eigenvalue weighted by atomic mass is 16.3. The molecule has 4 nitrogen and oxygen atoms in total. The molecule has 1 aliphatic heterocycles. The summed E-state index contributed by atoms with van der Waals surface area (Å²) in [7, 11) is 0. The van der Waals surface area contributed by atoms with Crippen LogP contribution in [0.4, 0.5) is 0 Å². The maximum atomic E-state index is 11.5. The van der Waals surface area contributed by atoms with Gasteiger partial charge in [0.15, 0.2) is 0 Å². The lowest BCUT2D eigenvalue weighted by atomic mass is 9.96. The van der Waals surface area contributed by atoms with Gasteiger partial charge in [0.05, 0.1) is 5.60 Å². The topological polar surface area (TPSA) is 61.4 Å². The lowest BCUT2D eigenvalue weighted by Crippen LogP contribution is -2.47. The fourth-order valence-corrected chi connectivity index (χ4v) is 1.59. The van der Waals surface area contributed by atoms with E-state index in [0.717, 1.165) is 13.1 Å². The summed E-state index contributed by atoms with van der Waals surface area (Å²) >= 11 is 0. The summed E-state index contributed by atoms with van der Waals surface area (Å²) in [6.07, 6.45) is 1.93. The first-order valence-electron chi connectivity index (χ1n) is 5.79.